The molecule has 0 saturated heterocycles. The van der Waals surface area contributed by atoms with Crippen LogP contribution in [0.4, 0.5) is 0 Å². The molecule has 3 nitrogen and oxygen atoms in total. The van der Waals surface area contributed by atoms with Gasteiger partial charge in [0.25, 0.3) is 0 Å². The molecular weight excluding hydrogens is 667 g/mol. The average molecular weight is 702 g/mol. The van der Waals surface area contributed by atoms with E-state index in [0.29, 0.717) is 0 Å². The van der Waals surface area contributed by atoms with E-state index in [1.165, 1.54) is 50.1 Å². The summed E-state index contributed by atoms with van der Waals surface area (Å²) in [4.78, 5) is 14.1. The minimum absolute atomic E-state index is 0.433. The molecule has 258 valence electrons. The summed E-state index contributed by atoms with van der Waals surface area (Å²) >= 11 is 0. The summed E-state index contributed by atoms with van der Waals surface area (Å²) in [5.74, 6) is 0. The molecule has 0 amide bonds. The van der Waals surface area contributed by atoms with Gasteiger partial charge in [-0.25, -0.2) is 4.98 Å². The van der Waals surface area contributed by atoms with E-state index < -0.39 is 5.41 Å². The molecule has 1 aliphatic carbocycles. The Bertz CT molecular complexity index is 2680. The molecule has 0 spiro atoms. The molecule has 6 aromatic carbocycles. The Hall–Kier alpha value is -7.23. The first-order valence-corrected chi connectivity index (χ1v) is 18.7. The number of hydrogen-bond acceptors (Lipinski definition) is 3. The van der Waals surface area contributed by atoms with E-state index in [0.717, 1.165) is 39.5 Å². The first-order valence-electron chi connectivity index (χ1n) is 18.7. The van der Waals surface area contributed by atoms with Crippen molar-refractivity contribution >= 4 is 0 Å². The van der Waals surface area contributed by atoms with E-state index in [-0.39, 0.29) is 0 Å². The summed E-state index contributed by atoms with van der Waals surface area (Å²) in [5.41, 5.74) is 17.5. The molecule has 0 saturated carbocycles. The predicted molar refractivity (Wildman–Crippen MR) is 224 cm³/mol. The van der Waals surface area contributed by atoms with Crippen molar-refractivity contribution in [1.82, 2.24) is 15.0 Å². The number of nitrogens with zero attached hydrogens (tertiary/aromatic N) is 3. The van der Waals surface area contributed by atoms with Gasteiger partial charge in [0.15, 0.2) is 0 Å². The second kappa shape index (κ2) is 13.6. The minimum atomic E-state index is -0.433. The molecule has 9 aromatic rings. The topological polar surface area (TPSA) is 38.7 Å². The van der Waals surface area contributed by atoms with Gasteiger partial charge >= 0.3 is 0 Å². The third kappa shape index (κ3) is 5.65. The molecule has 3 aromatic heterocycles. The Morgan fingerprint density at radius 3 is 1.38 bits per heavy atom. The quantitative estimate of drug-likeness (QED) is 0.166. The molecule has 3 heterocycles. The van der Waals surface area contributed by atoms with Crippen LogP contribution in [-0.2, 0) is 5.41 Å². The van der Waals surface area contributed by atoms with Crippen molar-refractivity contribution in [3.05, 3.63) is 235 Å². The van der Waals surface area contributed by atoms with Gasteiger partial charge in [0.2, 0.25) is 0 Å². The maximum absolute atomic E-state index is 4.95. The smallest absolute Gasteiger partial charge is 0.0900 e. The maximum atomic E-state index is 4.95. The molecular formula is C52H35N3. The van der Waals surface area contributed by atoms with E-state index in [1.807, 2.05) is 36.4 Å². The number of aromatic nitrogens is 3. The van der Waals surface area contributed by atoms with Crippen molar-refractivity contribution in [1.29, 1.82) is 0 Å². The zero-order valence-electron chi connectivity index (χ0n) is 30.0. The highest BCUT2D eigenvalue weighted by Crippen LogP contribution is 2.56. The minimum Gasteiger partial charge on any atom is -0.255 e. The zero-order chi connectivity index (χ0) is 36.6. The lowest BCUT2D eigenvalue weighted by atomic mass is 9.67. The van der Waals surface area contributed by atoms with Crippen LogP contribution in [0.5, 0.6) is 0 Å². The summed E-state index contributed by atoms with van der Waals surface area (Å²) in [6, 6.07) is 71.7. The maximum Gasteiger partial charge on any atom is 0.0900 e. The molecule has 0 unspecified atom stereocenters. The third-order valence-electron chi connectivity index (χ3n) is 10.9. The fourth-order valence-electron chi connectivity index (χ4n) is 8.35. The first kappa shape index (κ1) is 32.4. The number of pyridine rings is 3. The van der Waals surface area contributed by atoms with Crippen LogP contribution in [-0.4, -0.2) is 15.0 Å². The van der Waals surface area contributed by atoms with Crippen LogP contribution in [0.3, 0.4) is 0 Å². The van der Waals surface area contributed by atoms with Gasteiger partial charge in [-0.1, -0.05) is 152 Å². The molecule has 0 atom stereocenters. The Morgan fingerprint density at radius 2 is 0.782 bits per heavy atom. The second-order valence-corrected chi connectivity index (χ2v) is 14.0. The van der Waals surface area contributed by atoms with Crippen LogP contribution in [0.25, 0.3) is 67.3 Å². The number of hydrogen-bond donors (Lipinski definition) is 0. The van der Waals surface area contributed by atoms with Gasteiger partial charge in [-0.3, -0.25) is 9.97 Å². The number of benzene rings is 6. The lowest BCUT2D eigenvalue weighted by molar-refractivity contribution is 0.769. The fraction of sp³-hybridized carbons (Fsp3) is 0.0192. The van der Waals surface area contributed by atoms with Gasteiger partial charge in [-0.05, 0) is 115 Å². The van der Waals surface area contributed by atoms with Gasteiger partial charge in [-0.15, -0.1) is 0 Å². The molecule has 3 heteroatoms. The molecule has 0 bridgehead atoms. The summed E-state index contributed by atoms with van der Waals surface area (Å²) in [6.45, 7) is 0. The van der Waals surface area contributed by atoms with Crippen LogP contribution in [0.1, 0.15) is 22.3 Å². The largest absolute Gasteiger partial charge is 0.255 e. The van der Waals surface area contributed by atoms with Gasteiger partial charge in [0, 0.05) is 12.4 Å². The van der Waals surface area contributed by atoms with Gasteiger partial charge < -0.3 is 0 Å². The summed E-state index contributed by atoms with van der Waals surface area (Å²) in [7, 11) is 0. The summed E-state index contributed by atoms with van der Waals surface area (Å²) in [5, 5.41) is 0. The molecule has 0 N–H and O–H groups in total. The van der Waals surface area contributed by atoms with Crippen LogP contribution >= 0.6 is 0 Å². The van der Waals surface area contributed by atoms with E-state index in [4.69, 9.17) is 4.98 Å². The first-order chi connectivity index (χ1) is 27.3. The standard InChI is InChI=1S/C52H35N3/c1-3-16-42(17-4-1)52(43-18-5-2-6-19-43)46-21-8-7-20-44(46)45-29-28-40(33-47(45)52)39-15-13-14-38(32-39)36-24-26-37(27-25-36)41-34-50(48-22-9-11-30-53-48)55-51(35-41)49-23-10-12-31-54-49/h1-35H. The van der Waals surface area contributed by atoms with Crippen molar-refractivity contribution in [3.63, 3.8) is 0 Å². The highest BCUT2D eigenvalue weighted by Gasteiger charge is 2.46. The second-order valence-electron chi connectivity index (χ2n) is 14.0. The van der Waals surface area contributed by atoms with E-state index >= 15 is 0 Å². The van der Waals surface area contributed by atoms with Crippen LogP contribution < -0.4 is 0 Å². The van der Waals surface area contributed by atoms with Crippen molar-refractivity contribution in [2.24, 2.45) is 0 Å². The van der Waals surface area contributed by atoms with E-state index in [9.17, 15) is 0 Å². The van der Waals surface area contributed by atoms with Crippen LogP contribution in [0.2, 0.25) is 0 Å². The normalized spacial score (nSPS) is 12.5. The molecule has 0 fully saturated rings. The Kier molecular flexibility index (Phi) is 8.04. The SMILES string of the molecule is c1ccc(C2(c3ccccc3)c3ccccc3-c3ccc(-c4cccc(-c5ccc(-c6cc(-c7ccccn7)nc(-c7ccccn7)c6)cc5)c4)cc32)cc1. The molecule has 55 heavy (non-hydrogen) atoms. The van der Waals surface area contributed by atoms with E-state index in [1.54, 1.807) is 12.4 Å². The third-order valence-corrected chi connectivity index (χ3v) is 10.9. The Labute approximate surface area is 321 Å². The Balaban J connectivity index is 1.04. The number of rotatable bonds is 7. The van der Waals surface area contributed by atoms with Crippen molar-refractivity contribution < 1.29 is 0 Å². The van der Waals surface area contributed by atoms with Crippen molar-refractivity contribution in [3.8, 4) is 67.3 Å². The van der Waals surface area contributed by atoms with Gasteiger partial charge in [-0.2, -0.15) is 0 Å². The lowest BCUT2D eigenvalue weighted by Gasteiger charge is -2.34. The van der Waals surface area contributed by atoms with E-state index in [2.05, 4.69) is 174 Å². The predicted octanol–water partition coefficient (Wildman–Crippen LogP) is 12.6. The molecule has 10 rings (SSSR count). The fourth-order valence-corrected chi connectivity index (χ4v) is 8.35. The van der Waals surface area contributed by atoms with Gasteiger partial charge in [0.05, 0.1) is 28.2 Å². The summed E-state index contributed by atoms with van der Waals surface area (Å²) < 4.78 is 0. The van der Waals surface area contributed by atoms with Crippen molar-refractivity contribution in [2.75, 3.05) is 0 Å². The van der Waals surface area contributed by atoms with Crippen molar-refractivity contribution in [2.45, 2.75) is 5.41 Å². The van der Waals surface area contributed by atoms with Gasteiger partial charge in [0.1, 0.15) is 0 Å². The van der Waals surface area contributed by atoms with Crippen LogP contribution in [0, 0.1) is 0 Å². The van der Waals surface area contributed by atoms with Crippen LogP contribution in [0.15, 0.2) is 213 Å². The molecule has 0 radical (unpaired) electrons. The lowest BCUT2D eigenvalue weighted by Crippen LogP contribution is -2.28. The average Bonchev–Trinajstić information content (AvgIpc) is 3.58. The Morgan fingerprint density at radius 1 is 0.291 bits per heavy atom. The molecule has 1 aliphatic rings. The summed E-state index contributed by atoms with van der Waals surface area (Å²) in [6.07, 6.45) is 3.61. The highest BCUT2D eigenvalue weighted by molar-refractivity contribution is 5.89. The number of fused-ring (bicyclic) bond motifs is 3. The monoisotopic (exact) mass is 701 g/mol. The molecule has 0 aliphatic heterocycles. The highest BCUT2D eigenvalue weighted by atomic mass is 14.8. The zero-order valence-corrected chi connectivity index (χ0v) is 30.0.